The van der Waals surface area contributed by atoms with E-state index >= 15 is 0 Å². The van der Waals surface area contributed by atoms with E-state index in [1.54, 1.807) is 30.3 Å². The van der Waals surface area contributed by atoms with Crippen molar-refractivity contribution in [1.82, 2.24) is 9.62 Å². The fraction of sp³-hybridized carbons (Fsp3) is 0.375. The fourth-order valence-electron chi connectivity index (χ4n) is 6.56. The molecule has 2 saturated heterocycles. The van der Waals surface area contributed by atoms with Crippen molar-refractivity contribution in [2.75, 3.05) is 13.1 Å². The highest BCUT2D eigenvalue weighted by molar-refractivity contribution is 7.89. The summed E-state index contributed by atoms with van der Waals surface area (Å²) in [7, 11) is -3.64. The van der Waals surface area contributed by atoms with Crippen molar-refractivity contribution in [3.8, 4) is 11.1 Å². The number of likely N-dealkylation sites (tertiary alicyclic amines) is 1. The molecule has 2 heterocycles. The zero-order valence-corrected chi connectivity index (χ0v) is 29.6. The molecule has 0 aliphatic carbocycles. The quantitative estimate of drug-likeness (QED) is 0.167. The van der Waals surface area contributed by atoms with Crippen LogP contribution in [0.5, 0.6) is 0 Å². The van der Waals surface area contributed by atoms with E-state index in [1.165, 1.54) is 0 Å². The number of ether oxygens (including phenoxy) is 3. The minimum absolute atomic E-state index is 0.0337. The van der Waals surface area contributed by atoms with Crippen LogP contribution in [0.4, 0.5) is 0 Å². The average molecular weight is 699 g/mol. The van der Waals surface area contributed by atoms with Crippen molar-refractivity contribution < 1.29 is 32.5 Å². The highest BCUT2D eigenvalue weighted by Gasteiger charge is 2.39. The Morgan fingerprint density at radius 1 is 0.880 bits per heavy atom. The van der Waals surface area contributed by atoms with Crippen LogP contribution in [-0.4, -0.2) is 55.2 Å². The maximum Gasteiger partial charge on any atom is 0.323 e. The van der Waals surface area contributed by atoms with Gasteiger partial charge in [0.1, 0.15) is 11.6 Å². The maximum absolute atomic E-state index is 13.1. The van der Waals surface area contributed by atoms with Gasteiger partial charge < -0.3 is 19.3 Å². The Kier molecular flexibility index (Phi) is 11.2. The van der Waals surface area contributed by atoms with Crippen LogP contribution in [0.1, 0.15) is 74.7 Å². The van der Waals surface area contributed by atoms with Gasteiger partial charge in [-0.1, -0.05) is 78.9 Å². The first kappa shape index (κ1) is 35.9. The molecule has 10 heteroatoms. The molecule has 2 aliphatic heterocycles. The third-order valence-corrected chi connectivity index (χ3v) is 10.5. The van der Waals surface area contributed by atoms with Crippen LogP contribution in [-0.2, 0) is 42.2 Å². The molecule has 2 N–H and O–H groups in total. The number of hydrogen-bond donors (Lipinski definition) is 2. The van der Waals surface area contributed by atoms with Crippen molar-refractivity contribution in [3.05, 3.63) is 125 Å². The van der Waals surface area contributed by atoms with Crippen molar-refractivity contribution >= 4 is 16.0 Å². The van der Waals surface area contributed by atoms with Gasteiger partial charge in [0.2, 0.25) is 10.0 Å². The molecule has 264 valence electrons. The summed E-state index contributed by atoms with van der Waals surface area (Å²) in [6.45, 7) is 7.14. The van der Waals surface area contributed by atoms with E-state index < -0.39 is 21.9 Å². The van der Waals surface area contributed by atoms with Crippen LogP contribution in [0.2, 0.25) is 0 Å². The van der Waals surface area contributed by atoms with E-state index in [1.807, 2.05) is 93.6 Å². The van der Waals surface area contributed by atoms with Gasteiger partial charge in [0.05, 0.1) is 23.7 Å². The number of rotatable bonds is 11. The van der Waals surface area contributed by atoms with Crippen LogP contribution in [0.25, 0.3) is 11.1 Å². The van der Waals surface area contributed by atoms with Crippen molar-refractivity contribution in [2.45, 2.75) is 88.2 Å². The van der Waals surface area contributed by atoms with E-state index in [-0.39, 0.29) is 42.3 Å². The monoisotopic (exact) mass is 698 g/mol. The average Bonchev–Trinajstić information content (AvgIpc) is 3.59. The predicted molar refractivity (Wildman–Crippen MR) is 191 cm³/mol. The molecule has 2 fully saturated rings. The van der Waals surface area contributed by atoms with Gasteiger partial charge >= 0.3 is 5.97 Å². The molecule has 50 heavy (non-hydrogen) atoms. The number of nitrogens with one attached hydrogen (secondary N) is 1. The van der Waals surface area contributed by atoms with Crippen LogP contribution < -0.4 is 4.72 Å². The van der Waals surface area contributed by atoms with Crippen LogP contribution >= 0.6 is 0 Å². The van der Waals surface area contributed by atoms with E-state index in [2.05, 4.69) is 9.62 Å². The molecule has 0 saturated carbocycles. The highest BCUT2D eigenvalue weighted by Crippen LogP contribution is 2.40. The Hall–Kier alpha value is -3.90. The van der Waals surface area contributed by atoms with Gasteiger partial charge in [0.15, 0.2) is 6.29 Å². The molecule has 4 aromatic rings. The highest BCUT2D eigenvalue weighted by atomic mass is 32.2. The van der Waals surface area contributed by atoms with Gasteiger partial charge in [-0.15, -0.1) is 0 Å². The van der Waals surface area contributed by atoms with Gasteiger partial charge in [-0.2, -0.15) is 0 Å². The molecule has 4 aromatic carbocycles. The minimum atomic E-state index is -3.64. The van der Waals surface area contributed by atoms with E-state index in [4.69, 9.17) is 14.2 Å². The molecule has 2 aliphatic rings. The predicted octanol–water partition coefficient (Wildman–Crippen LogP) is 6.68. The summed E-state index contributed by atoms with van der Waals surface area (Å²) in [5, 5.41) is 9.60. The van der Waals surface area contributed by atoms with E-state index in [0.717, 1.165) is 52.8 Å². The summed E-state index contributed by atoms with van der Waals surface area (Å²) < 4.78 is 47.4. The van der Waals surface area contributed by atoms with Gasteiger partial charge in [0, 0.05) is 25.1 Å². The Labute approximate surface area is 295 Å². The normalized spacial score (nSPS) is 21.6. The fourth-order valence-corrected chi connectivity index (χ4v) is 7.60. The Morgan fingerprint density at radius 3 is 2.32 bits per heavy atom. The number of aliphatic hydroxyl groups is 1. The third-order valence-electron chi connectivity index (χ3n) is 9.03. The summed E-state index contributed by atoms with van der Waals surface area (Å²) >= 11 is 0. The molecule has 0 spiro atoms. The SMILES string of the molecule is CC(C)(C)OC(=O)[C@@H]1CCCN1C[C@@H]1C[C@H](c2ccc(CO)cc2)O[C@H](c2cccc(-c3cccc(CNS(=O)(=O)c4ccccc4)c3)c2)O1. The zero-order chi connectivity index (χ0) is 35.3. The number of esters is 1. The zero-order valence-electron chi connectivity index (χ0n) is 28.8. The molecule has 0 unspecified atom stereocenters. The molecule has 0 aromatic heterocycles. The number of nitrogens with zero attached hydrogens (tertiary/aromatic N) is 1. The molecular formula is C40H46N2O7S. The van der Waals surface area contributed by atoms with Crippen molar-refractivity contribution in [2.24, 2.45) is 0 Å². The van der Waals surface area contributed by atoms with Crippen molar-refractivity contribution in [3.63, 3.8) is 0 Å². The maximum atomic E-state index is 13.1. The first-order chi connectivity index (χ1) is 24.0. The first-order valence-corrected chi connectivity index (χ1v) is 18.7. The second-order valence-corrected chi connectivity index (χ2v) is 15.8. The van der Waals surface area contributed by atoms with Crippen LogP contribution in [0.15, 0.2) is 108 Å². The second kappa shape index (κ2) is 15.6. The number of sulfonamides is 1. The molecular weight excluding hydrogens is 653 g/mol. The molecule has 0 amide bonds. The number of carbonyl (C=O) groups is 1. The summed E-state index contributed by atoms with van der Waals surface area (Å²) in [5.41, 5.74) is 4.82. The molecule has 4 atom stereocenters. The molecule has 0 bridgehead atoms. The summed E-state index contributed by atoms with van der Waals surface area (Å²) in [4.78, 5) is 15.5. The van der Waals surface area contributed by atoms with Crippen LogP contribution in [0.3, 0.4) is 0 Å². The van der Waals surface area contributed by atoms with Gasteiger partial charge in [-0.05, 0) is 92.2 Å². The Morgan fingerprint density at radius 2 is 1.60 bits per heavy atom. The Bertz CT molecular complexity index is 1860. The smallest absolute Gasteiger partial charge is 0.323 e. The summed E-state index contributed by atoms with van der Waals surface area (Å²) in [6, 6.07) is 31.6. The number of aliphatic hydroxyl groups excluding tert-OH is 1. The topological polar surface area (TPSA) is 114 Å². The van der Waals surface area contributed by atoms with E-state index in [0.29, 0.717) is 13.0 Å². The molecule has 9 nitrogen and oxygen atoms in total. The van der Waals surface area contributed by atoms with E-state index in [9.17, 15) is 18.3 Å². The lowest BCUT2D eigenvalue weighted by atomic mass is 9.98. The number of benzene rings is 4. The third kappa shape index (κ3) is 9.06. The Balaban J connectivity index is 1.22. The van der Waals surface area contributed by atoms with Crippen molar-refractivity contribution in [1.29, 1.82) is 0 Å². The standard InChI is InChI=1S/C40H46N2O7S/c1-40(2,3)49-38(44)36-16-9-21-42(36)26-34-24-37(30-19-17-28(27-43)18-20-30)48-39(47-34)33-13-8-12-32(23-33)31-11-7-10-29(22-31)25-41-50(45,46)35-14-5-4-6-15-35/h4-8,10-15,17-20,22-23,34,36-37,39,41,43H,9,16,21,24-27H2,1-3H3/t34-,36-,37+,39+/m0/s1. The largest absolute Gasteiger partial charge is 0.459 e. The van der Waals surface area contributed by atoms with Gasteiger partial charge in [-0.3, -0.25) is 9.69 Å². The lowest BCUT2D eigenvalue weighted by Gasteiger charge is -2.38. The second-order valence-electron chi connectivity index (χ2n) is 14.0. The lowest BCUT2D eigenvalue weighted by Crippen LogP contribution is -2.45. The first-order valence-electron chi connectivity index (χ1n) is 17.2. The van der Waals surface area contributed by atoms with Crippen LogP contribution in [0, 0.1) is 0 Å². The number of carbonyl (C=O) groups excluding carboxylic acids is 1. The van der Waals surface area contributed by atoms with Gasteiger partial charge in [-0.25, -0.2) is 13.1 Å². The minimum Gasteiger partial charge on any atom is -0.459 e. The molecule has 6 rings (SSSR count). The summed E-state index contributed by atoms with van der Waals surface area (Å²) in [5.74, 6) is -0.197. The lowest BCUT2D eigenvalue weighted by molar-refractivity contribution is -0.253. The molecule has 0 radical (unpaired) electrons. The van der Waals surface area contributed by atoms with Gasteiger partial charge in [0.25, 0.3) is 0 Å². The number of hydrogen-bond acceptors (Lipinski definition) is 8. The summed E-state index contributed by atoms with van der Waals surface area (Å²) in [6.07, 6.45) is 1.12.